The Morgan fingerprint density at radius 2 is 1.88 bits per heavy atom. The molecule has 1 aromatic carbocycles. The van der Waals surface area contributed by atoms with E-state index < -0.39 is 36.3 Å². The number of benzene rings is 1. The van der Waals surface area contributed by atoms with E-state index in [0.717, 1.165) is 5.52 Å². The van der Waals surface area contributed by atoms with Crippen molar-refractivity contribution in [2.24, 2.45) is 5.73 Å². The van der Waals surface area contributed by atoms with Crippen LogP contribution in [-0.2, 0) is 19.2 Å². The monoisotopic (exact) mass is 360 g/mol. The lowest BCUT2D eigenvalue weighted by Gasteiger charge is -2.20. The molecule has 1 unspecified atom stereocenters. The Morgan fingerprint density at radius 3 is 2.50 bits per heavy atom. The third-order valence-corrected chi connectivity index (χ3v) is 3.84. The van der Waals surface area contributed by atoms with Gasteiger partial charge in [-0.2, -0.15) is 0 Å². The second-order valence-electron chi connectivity index (χ2n) is 5.71. The van der Waals surface area contributed by atoms with Crippen LogP contribution in [0.4, 0.5) is 0 Å². The molecule has 0 saturated carbocycles. The normalized spacial score (nSPS) is 13.0. The molecule has 138 valence electrons. The Hall–Kier alpha value is -3.36. The first kappa shape index (κ1) is 19.0. The zero-order chi connectivity index (χ0) is 19.3. The number of carboxylic acid groups (broad SMARTS) is 1. The van der Waals surface area contributed by atoms with Gasteiger partial charge in [0, 0.05) is 29.1 Å². The quantitative estimate of drug-likeness (QED) is 0.454. The number of para-hydroxylation sites is 1. The number of fused-ring (bicyclic) bond motifs is 1. The molecule has 3 amide bonds. The number of hydrogen-bond acceptors (Lipinski definition) is 4. The SMILES string of the molecule is CCC(=O)NC(C(=O)N[C@H](CC(N)=O)C(=O)O)c1c[nH]c2ccccc12. The zero-order valence-electron chi connectivity index (χ0n) is 14.1. The average molecular weight is 360 g/mol. The third-order valence-electron chi connectivity index (χ3n) is 3.84. The second-order valence-corrected chi connectivity index (χ2v) is 5.71. The predicted octanol–water partition coefficient (Wildman–Crippen LogP) is 0.180. The third kappa shape index (κ3) is 4.38. The zero-order valence-corrected chi connectivity index (χ0v) is 14.1. The maximum atomic E-state index is 12.7. The molecule has 0 saturated heterocycles. The van der Waals surface area contributed by atoms with Crippen molar-refractivity contribution in [2.75, 3.05) is 0 Å². The summed E-state index contributed by atoms with van der Waals surface area (Å²) in [5.41, 5.74) is 6.28. The van der Waals surface area contributed by atoms with E-state index in [-0.39, 0.29) is 12.3 Å². The number of aromatic amines is 1. The lowest BCUT2D eigenvalue weighted by Crippen LogP contribution is -2.48. The van der Waals surface area contributed by atoms with Crippen molar-refractivity contribution in [3.05, 3.63) is 36.0 Å². The number of carbonyl (C=O) groups excluding carboxylic acids is 3. The number of rotatable bonds is 8. The maximum Gasteiger partial charge on any atom is 0.326 e. The van der Waals surface area contributed by atoms with E-state index in [9.17, 15) is 19.2 Å². The van der Waals surface area contributed by atoms with Gasteiger partial charge in [-0.05, 0) is 6.07 Å². The second kappa shape index (κ2) is 8.15. The number of carboxylic acids is 1. The van der Waals surface area contributed by atoms with E-state index in [1.165, 1.54) is 0 Å². The average Bonchev–Trinajstić information content (AvgIpc) is 3.02. The van der Waals surface area contributed by atoms with E-state index in [2.05, 4.69) is 15.6 Å². The van der Waals surface area contributed by atoms with Crippen LogP contribution in [0.25, 0.3) is 10.9 Å². The van der Waals surface area contributed by atoms with Crippen LogP contribution in [0.15, 0.2) is 30.5 Å². The molecule has 26 heavy (non-hydrogen) atoms. The van der Waals surface area contributed by atoms with Crippen LogP contribution in [0.3, 0.4) is 0 Å². The number of nitrogens with two attached hydrogens (primary N) is 1. The highest BCUT2D eigenvalue weighted by atomic mass is 16.4. The number of primary amides is 1. The number of hydrogen-bond donors (Lipinski definition) is 5. The molecule has 2 atom stereocenters. The molecule has 6 N–H and O–H groups in total. The topological polar surface area (TPSA) is 154 Å². The number of amides is 3. The fraction of sp³-hybridized carbons (Fsp3) is 0.294. The number of nitrogens with one attached hydrogen (secondary N) is 3. The van der Waals surface area contributed by atoms with Gasteiger partial charge in [-0.25, -0.2) is 4.79 Å². The molecule has 9 heteroatoms. The van der Waals surface area contributed by atoms with Crippen LogP contribution < -0.4 is 16.4 Å². The van der Waals surface area contributed by atoms with Gasteiger partial charge in [-0.1, -0.05) is 25.1 Å². The molecule has 0 fully saturated rings. The van der Waals surface area contributed by atoms with E-state index >= 15 is 0 Å². The molecule has 1 heterocycles. The molecule has 1 aromatic heterocycles. The minimum atomic E-state index is -1.48. The molecule has 0 aliphatic rings. The lowest BCUT2D eigenvalue weighted by atomic mass is 10.0. The largest absolute Gasteiger partial charge is 0.480 e. The molecule has 2 rings (SSSR count). The van der Waals surface area contributed by atoms with Gasteiger partial charge in [-0.15, -0.1) is 0 Å². The first-order valence-electron chi connectivity index (χ1n) is 8.00. The summed E-state index contributed by atoms with van der Waals surface area (Å²) in [6.45, 7) is 1.63. The van der Waals surface area contributed by atoms with Crippen molar-refractivity contribution in [2.45, 2.75) is 31.8 Å². The van der Waals surface area contributed by atoms with E-state index in [1.54, 1.807) is 25.3 Å². The van der Waals surface area contributed by atoms with E-state index in [4.69, 9.17) is 10.8 Å². The summed E-state index contributed by atoms with van der Waals surface area (Å²) in [4.78, 5) is 49.8. The van der Waals surface area contributed by atoms with Crippen LogP contribution in [0.5, 0.6) is 0 Å². The maximum absolute atomic E-state index is 12.7. The number of H-pyrrole nitrogens is 1. The summed E-state index contributed by atoms with van der Waals surface area (Å²) in [5.74, 6) is -3.38. The predicted molar refractivity (Wildman–Crippen MR) is 92.9 cm³/mol. The Kier molecular flexibility index (Phi) is 5.94. The van der Waals surface area contributed by atoms with Gasteiger partial charge in [0.05, 0.1) is 6.42 Å². The van der Waals surface area contributed by atoms with Gasteiger partial charge < -0.3 is 26.5 Å². The molecule has 0 radical (unpaired) electrons. The number of aliphatic carboxylic acids is 1. The summed E-state index contributed by atoms with van der Waals surface area (Å²) in [5, 5.41) is 14.7. The highest BCUT2D eigenvalue weighted by Gasteiger charge is 2.29. The highest BCUT2D eigenvalue weighted by molar-refractivity contribution is 5.96. The molecule has 2 aromatic rings. The van der Waals surface area contributed by atoms with E-state index in [1.807, 2.05) is 12.1 Å². The van der Waals surface area contributed by atoms with Crippen LogP contribution in [-0.4, -0.2) is 39.8 Å². The molecule has 9 nitrogen and oxygen atoms in total. The van der Waals surface area contributed by atoms with Gasteiger partial charge in [0.1, 0.15) is 12.1 Å². The fourth-order valence-electron chi connectivity index (χ4n) is 2.54. The molecule has 0 aliphatic carbocycles. The van der Waals surface area contributed by atoms with Crippen LogP contribution in [0, 0.1) is 0 Å². The van der Waals surface area contributed by atoms with Gasteiger partial charge >= 0.3 is 5.97 Å². The Labute approximate surface area is 148 Å². The standard InChI is InChI=1S/C17H20N4O5/c1-2-14(23)21-15(10-8-19-11-6-4-3-5-9(10)11)16(24)20-12(17(25)26)7-13(18)22/h3-6,8,12,15,19H,2,7H2,1H3,(H2,18,22)(H,20,24)(H,21,23)(H,25,26)/t12-,15?/m1/s1. The van der Waals surface area contributed by atoms with Crippen molar-refractivity contribution in [1.82, 2.24) is 15.6 Å². The number of aromatic nitrogens is 1. The van der Waals surface area contributed by atoms with Crippen molar-refractivity contribution in [1.29, 1.82) is 0 Å². The van der Waals surface area contributed by atoms with Crippen molar-refractivity contribution < 1.29 is 24.3 Å². The fourth-order valence-corrected chi connectivity index (χ4v) is 2.54. The van der Waals surface area contributed by atoms with Gasteiger partial charge in [0.15, 0.2) is 0 Å². The summed E-state index contributed by atoms with van der Waals surface area (Å²) in [7, 11) is 0. The lowest BCUT2D eigenvalue weighted by molar-refractivity contribution is -0.143. The van der Waals surface area contributed by atoms with Gasteiger partial charge in [0.25, 0.3) is 0 Å². The first-order valence-corrected chi connectivity index (χ1v) is 8.00. The minimum absolute atomic E-state index is 0.149. The number of carbonyl (C=O) groups is 4. The van der Waals surface area contributed by atoms with E-state index in [0.29, 0.717) is 10.9 Å². The van der Waals surface area contributed by atoms with Crippen LogP contribution in [0.1, 0.15) is 31.4 Å². The van der Waals surface area contributed by atoms with Gasteiger partial charge in [0.2, 0.25) is 17.7 Å². The first-order chi connectivity index (χ1) is 12.3. The van der Waals surface area contributed by atoms with Crippen molar-refractivity contribution in [3.63, 3.8) is 0 Å². The van der Waals surface area contributed by atoms with Crippen LogP contribution in [0.2, 0.25) is 0 Å². The molecular weight excluding hydrogens is 340 g/mol. The summed E-state index contributed by atoms with van der Waals surface area (Å²) in [6, 6.07) is 4.58. The van der Waals surface area contributed by atoms with Crippen LogP contribution >= 0.6 is 0 Å². The van der Waals surface area contributed by atoms with Crippen molar-refractivity contribution in [3.8, 4) is 0 Å². The molecule has 0 bridgehead atoms. The Bertz CT molecular complexity index is 845. The Balaban J connectivity index is 2.34. The smallest absolute Gasteiger partial charge is 0.326 e. The highest BCUT2D eigenvalue weighted by Crippen LogP contribution is 2.24. The molecule has 0 aliphatic heterocycles. The van der Waals surface area contributed by atoms with Gasteiger partial charge in [-0.3, -0.25) is 14.4 Å². The summed E-state index contributed by atoms with van der Waals surface area (Å²) >= 11 is 0. The summed E-state index contributed by atoms with van der Waals surface area (Å²) in [6.07, 6.45) is 1.17. The summed E-state index contributed by atoms with van der Waals surface area (Å²) < 4.78 is 0. The minimum Gasteiger partial charge on any atom is -0.480 e. The molecular formula is C17H20N4O5. The molecule has 0 spiro atoms. The Morgan fingerprint density at radius 1 is 1.19 bits per heavy atom. The van der Waals surface area contributed by atoms with Crippen molar-refractivity contribution >= 4 is 34.6 Å².